The second kappa shape index (κ2) is 5.71. The fraction of sp³-hybridized carbons (Fsp3) is 0.846. The minimum absolute atomic E-state index is 0.00343. The predicted molar refractivity (Wildman–Crippen MR) is 76.8 cm³/mol. The number of carbonyl (C=O) groups excluding carboxylic acids is 2. The third-order valence-corrected chi connectivity index (χ3v) is 4.51. The van der Waals surface area contributed by atoms with Gasteiger partial charge in [0.05, 0.1) is 5.88 Å². The number of nitrogens with zero attached hydrogens (tertiary/aromatic N) is 1. The molecule has 2 aliphatic heterocycles. The smallest absolute Gasteiger partial charge is 0.243 e. The van der Waals surface area contributed by atoms with Crippen molar-refractivity contribution in [1.29, 1.82) is 0 Å². The summed E-state index contributed by atoms with van der Waals surface area (Å²) in [6.45, 7) is 7.48. The molecule has 2 atom stereocenters. The van der Waals surface area contributed by atoms with Crippen molar-refractivity contribution in [2.24, 2.45) is 5.41 Å². The minimum atomic E-state index is -0.432. The van der Waals surface area contributed by atoms with E-state index in [0.717, 1.165) is 19.5 Å². The molecule has 0 spiro atoms. The van der Waals surface area contributed by atoms with Gasteiger partial charge in [-0.2, -0.15) is 0 Å². The van der Waals surface area contributed by atoms with Gasteiger partial charge in [-0.15, -0.1) is 11.8 Å². The summed E-state index contributed by atoms with van der Waals surface area (Å²) in [6.07, 6.45) is 0.971. The average molecular weight is 285 g/mol. The second-order valence-electron chi connectivity index (χ2n) is 6.24. The van der Waals surface area contributed by atoms with Crippen molar-refractivity contribution in [1.82, 2.24) is 15.5 Å². The molecule has 2 fully saturated rings. The largest absolute Gasteiger partial charge is 0.350 e. The number of carbonyl (C=O) groups is 2. The standard InChI is InChI=1S/C13H23N3O2S/c1-13(2,3)12(18)16-8-19-7-10(16)11(17)15-9-4-5-14-6-9/h9-10,14H,4-8H2,1-3H3,(H,15,17). The first-order valence-corrected chi connectivity index (χ1v) is 7.95. The van der Waals surface area contributed by atoms with Gasteiger partial charge in [0.2, 0.25) is 11.8 Å². The fourth-order valence-electron chi connectivity index (χ4n) is 2.37. The van der Waals surface area contributed by atoms with E-state index < -0.39 is 5.41 Å². The zero-order valence-corrected chi connectivity index (χ0v) is 12.7. The van der Waals surface area contributed by atoms with Gasteiger partial charge >= 0.3 is 0 Å². The van der Waals surface area contributed by atoms with Gasteiger partial charge < -0.3 is 15.5 Å². The Hall–Kier alpha value is -0.750. The first kappa shape index (κ1) is 14.7. The Morgan fingerprint density at radius 1 is 1.37 bits per heavy atom. The van der Waals surface area contributed by atoms with Crippen LogP contribution >= 0.6 is 11.8 Å². The lowest BCUT2D eigenvalue weighted by Gasteiger charge is -2.30. The maximum atomic E-state index is 12.3. The van der Waals surface area contributed by atoms with Crippen LogP contribution in [-0.4, -0.2) is 53.5 Å². The van der Waals surface area contributed by atoms with Gasteiger partial charge in [0.15, 0.2) is 0 Å². The molecular formula is C13H23N3O2S. The van der Waals surface area contributed by atoms with Crippen LogP contribution in [-0.2, 0) is 9.59 Å². The molecule has 108 valence electrons. The van der Waals surface area contributed by atoms with Crippen LogP contribution < -0.4 is 10.6 Å². The van der Waals surface area contributed by atoms with Crippen LogP contribution in [0, 0.1) is 5.41 Å². The van der Waals surface area contributed by atoms with E-state index in [4.69, 9.17) is 0 Å². The molecule has 0 bridgehead atoms. The molecule has 5 nitrogen and oxygen atoms in total. The van der Waals surface area contributed by atoms with E-state index in [1.807, 2.05) is 20.8 Å². The Labute approximate surface area is 118 Å². The lowest BCUT2D eigenvalue weighted by molar-refractivity contribution is -0.144. The summed E-state index contributed by atoms with van der Waals surface area (Å²) in [5, 5.41) is 6.27. The maximum Gasteiger partial charge on any atom is 0.243 e. The van der Waals surface area contributed by atoms with Crippen molar-refractivity contribution < 1.29 is 9.59 Å². The third kappa shape index (κ3) is 3.42. The molecule has 0 aromatic carbocycles. The van der Waals surface area contributed by atoms with Crippen LogP contribution in [0.15, 0.2) is 0 Å². The van der Waals surface area contributed by atoms with Crippen molar-refractivity contribution in [3.05, 3.63) is 0 Å². The summed E-state index contributed by atoms with van der Waals surface area (Å²) in [7, 11) is 0. The molecule has 19 heavy (non-hydrogen) atoms. The van der Waals surface area contributed by atoms with E-state index in [-0.39, 0.29) is 23.9 Å². The molecule has 0 aromatic rings. The summed E-state index contributed by atoms with van der Waals surface area (Å²) in [6, 6.07) is -0.0954. The molecule has 6 heteroatoms. The highest BCUT2D eigenvalue weighted by Gasteiger charge is 2.39. The van der Waals surface area contributed by atoms with Crippen LogP contribution in [0.2, 0.25) is 0 Å². The Kier molecular flexibility index (Phi) is 4.40. The number of thioether (sulfide) groups is 1. The lowest BCUT2D eigenvalue weighted by Crippen LogP contribution is -2.52. The van der Waals surface area contributed by atoms with Crippen LogP contribution in [0.3, 0.4) is 0 Å². The normalized spacial score (nSPS) is 27.6. The Morgan fingerprint density at radius 2 is 2.11 bits per heavy atom. The quantitative estimate of drug-likeness (QED) is 0.771. The monoisotopic (exact) mass is 285 g/mol. The fourth-order valence-corrected chi connectivity index (χ4v) is 3.52. The van der Waals surface area contributed by atoms with Gasteiger partial charge in [-0.1, -0.05) is 20.8 Å². The highest BCUT2D eigenvalue weighted by Crippen LogP contribution is 2.27. The Balaban J connectivity index is 1.97. The topological polar surface area (TPSA) is 61.4 Å². The van der Waals surface area contributed by atoms with Crippen LogP contribution in [0.5, 0.6) is 0 Å². The summed E-state index contributed by atoms with van der Waals surface area (Å²) in [5.41, 5.74) is -0.432. The minimum Gasteiger partial charge on any atom is -0.350 e. The van der Waals surface area contributed by atoms with E-state index in [1.54, 1.807) is 16.7 Å². The van der Waals surface area contributed by atoms with Gasteiger partial charge in [0, 0.05) is 23.8 Å². The molecule has 2 amide bonds. The number of hydrogen-bond acceptors (Lipinski definition) is 4. The van der Waals surface area contributed by atoms with Gasteiger partial charge in [-0.25, -0.2) is 0 Å². The van der Waals surface area contributed by atoms with Crippen molar-refractivity contribution in [3.8, 4) is 0 Å². The van der Waals surface area contributed by atoms with E-state index >= 15 is 0 Å². The lowest BCUT2D eigenvalue weighted by atomic mass is 9.94. The molecule has 2 rings (SSSR count). The molecule has 2 heterocycles. The third-order valence-electron chi connectivity index (χ3n) is 3.49. The van der Waals surface area contributed by atoms with E-state index in [9.17, 15) is 9.59 Å². The van der Waals surface area contributed by atoms with Crippen LogP contribution in [0.4, 0.5) is 0 Å². The molecule has 2 N–H and O–H groups in total. The predicted octanol–water partition coefficient (Wildman–Crippen LogP) is 0.412. The number of hydrogen-bond donors (Lipinski definition) is 2. The molecule has 0 aliphatic carbocycles. The first-order valence-electron chi connectivity index (χ1n) is 6.79. The zero-order chi connectivity index (χ0) is 14.0. The van der Waals surface area contributed by atoms with E-state index in [1.165, 1.54) is 0 Å². The molecule has 0 saturated carbocycles. The average Bonchev–Trinajstić information content (AvgIpc) is 2.96. The summed E-state index contributed by atoms with van der Waals surface area (Å²) < 4.78 is 0. The first-order chi connectivity index (χ1) is 8.89. The summed E-state index contributed by atoms with van der Waals surface area (Å²) >= 11 is 1.65. The highest BCUT2D eigenvalue weighted by molar-refractivity contribution is 7.99. The van der Waals surface area contributed by atoms with Crippen molar-refractivity contribution >= 4 is 23.6 Å². The van der Waals surface area contributed by atoms with Crippen LogP contribution in [0.25, 0.3) is 0 Å². The molecule has 0 radical (unpaired) electrons. The number of amides is 2. The van der Waals surface area contributed by atoms with Gasteiger partial charge in [-0.3, -0.25) is 9.59 Å². The molecule has 2 saturated heterocycles. The van der Waals surface area contributed by atoms with Gasteiger partial charge in [0.1, 0.15) is 6.04 Å². The van der Waals surface area contributed by atoms with Crippen molar-refractivity contribution in [2.45, 2.75) is 39.3 Å². The number of nitrogens with one attached hydrogen (secondary N) is 2. The summed E-state index contributed by atoms with van der Waals surface area (Å²) in [4.78, 5) is 26.4. The van der Waals surface area contributed by atoms with E-state index in [0.29, 0.717) is 11.6 Å². The van der Waals surface area contributed by atoms with Gasteiger partial charge in [0.25, 0.3) is 0 Å². The molecular weight excluding hydrogens is 262 g/mol. The molecule has 2 unspecified atom stereocenters. The van der Waals surface area contributed by atoms with E-state index in [2.05, 4.69) is 10.6 Å². The van der Waals surface area contributed by atoms with Gasteiger partial charge in [-0.05, 0) is 13.0 Å². The maximum absolute atomic E-state index is 12.3. The highest BCUT2D eigenvalue weighted by atomic mass is 32.2. The van der Waals surface area contributed by atoms with Crippen LogP contribution in [0.1, 0.15) is 27.2 Å². The Bertz CT molecular complexity index is 361. The van der Waals surface area contributed by atoms with Crippen molar-refractivity contribution in [2.75, 3.05) is 24.7 Å². The Morgan fingerprint density at radius 3 is 2.68 bits per heavy atom. The van der Waals surface area contributed by atoms with Crippen molar-refractivity contribution in [3.63, 3.8) is 0 Å². The zero-order valence-electron chi connectivity index (χ0n) is 11.9. The molecule has 0 aromatic heterocycles. The number of rotatable bonds is 2. The summed E-state index contributed by atoms with van der Waals surface area (Å²) in [5.74, 6) is 1.38. The second-order valence-corrected chi connectivity index (χ2v) is 7.24. The SMILES string of the molecule is CC(C)(C)C(=O)N1CSCC1C(=O)NC1CCNC1. The molecule has 2 aliphatic rings.